The minimum absolute atomic E-state index is 0.680. The average Bonchev–Trinajstić information content (AvgIpc) is 3.43. The van der Waals surface area contributed by atoms with Gasteiger partial charge < -0.3 is 10.3 Å². The summed E-state index contributed by atoms with van der Waals surface area (Å²) in [4.78, 5) is 21.7. The fourth-order valence-corrected chi connectivity index (χ4v) is 3.88. The van der Waals surface area contributed by atoms with Crippen molar-refractivity contribution in [2.75, 3.05) is 13.1 Å². The second-order valence-electron chi connectivity index (χ2n) is 7.23. The zero-order chi connectivity index (χ0) is 19.9. The SMILES string of the molecule is C1=C(c2cnc3[nH]nc(-c4nc5c(-c6ccccn6)nccc5[nH]4)c3c2)CCNC1. The Balaban J connectivity index is 1.50. The molecule has 8 heteroatoms. The molecule has 5 aromatic heterocycles. The van der Waals surface area contributed by atoms with E-state index in [1.54, 1.807) is 12.4 Å². The highest BCUT2D eigenvalue weighted by atomic mass is 15.2. The summed E-state index contributed by atoms with van der Waals surface area (Å²) in [5.74, 6) is 0.680. The molecule has 1 aliphatic rings. The van der Waals surface area contributed by atoms with Crippen molar-refractivity contribution in [3.05, 3.63) is 60.6 Å². The van der Waals surface area contributed by atoms with Crippen molar-refractivity contribution in [2.24, 2.45) is 0 Å². The lowest BCUT2D eigenvalue weighted by Crippen LogP contribution is -2.20. The average molecular weight is 394 g/mol. The molecule has 3 N–H and O–H groups in total. The Hall–Kier alpha value is -3.91. The lowest BCUT2D eigenvalue weighted by atomic mass is 10.0. The van der Waals surface area contributed by atoms with E-state index < -0.39 is 0 Å². The van der Waals surface area contributed by atoms with E-state index in [2.05, 4.69) is 47.6 Å². The van der Waals surface area contributed by atoms with Gasteiger partial charge in [-0.15, -0.1) is 0 Å². The second kappa shape index (κ2) is 6.85. The molecule has 0 radical (unpaired) electrons. The third-order valence-electron chi connectivity index (χ3n) is 5.38. The van der Waals surface area contributed by atoms with E-state index in [1.807, 2.05) is 30.5 Å². The van der Waals surface area contributed by atoms with Gasteiger partial charge in [0.2, 0.25) is 0 Å². The maximum atomic E-state index is 4.83. The van der Waals surface area contributed by atoms with Crippen molar-refractivity contribution in [1.29, 1.82) is 0 Å². The Morgan fingerprint density at radius 2 is 1.97 bits per heavy atom. The summed E-state index contributed by atoms with van der Waals surface area (Å²) in [5, 5.41) is 11.8. The fraction of sp³-hybridized carbons (Fsp3) is 0.136. The van der Waals surface area contributed by atoms with E-state index in [-0.39, 0.29) is 0 Å². The van der Waals surface area contributed by atoms with Crippen LogP contribution in [0.25, 0.3) is 50.5 Å². The van der Waals surface area contributed by atoms with E-state index in [4.69, 9.17) is 4.98 Å². The highest BCUT2D eigenvalue weighted by molar-refractivity contribution is 5.95. The molecule has 0 saturated carbocycles. The lowest BCUT2D eigenvalue weighted by Gasteiger charge is -2.13. The smallest absolute Gasteiger partial charge is 0.159 e. The standard InChI is InChI=1S/C22H18N8/c1-2-7-24-16(3-1)19-20-17(6-10-25-19)27-22(28-20)18-15-11-14(12-26-21(15)30-29-18)13-4-8-23-9-5-13/h1-4,6-7,10-12,23H,5,8-9H2,(H,27,28)(H,26,29,30). The number of hydrogen-bond acceptors (Lipinski definition) is 6. The Labute approximate surface area is 171 Å². The molecule has 0 aliphatic carbocycles. The Bertz CT molecular complexity index is 1400. The van der Waals surface area contributed by atoms with Crippen LogP contribution in [0.2, 0.25) is 0 Å². The second-order valence-corrected chi connectivity index (χ2v) is 7.23. The summed E-state index contributed by atoms with van der Waals surface area (Å²) < 4.78 is 0. The van der Waals surface area contributed by atoms with Gasteiger partial charge in [-0.1, -0.05) is 12.1 Å². The number of aromatic nitrogens is 7. The number of hydrogen-bond donors (Lipinski definition) is 3. The molecule has 0 fully saturated rings. The summed E-state index contributed by atoms with van der Waals surface area (Å²) in [7, 11) is 0. The van der Waals surface area contributed by atoms with Crippen LogP contribution >= 0.6 is 0 Å². The van der Waals surface area contributed by atoms with Crippen LogP contribution in [0, 0.1) is 0 Å². The first-order valence-corrected chi connectivity index (χ1v) is 9.87. The van der Waals surface area contributed by atoms with Crippen molar-refractivity contribution in [3.8, 4) is 22.9 Å². The minimum Gasteiger partial charge on any atom is -0.336 e. The molecule has 146 valence electrons. The van der Waals surface area contributed by atoms with Crippen LogP contribution in [-0.2, 0) is 0 Å². The van der Waals surface area contributed by atoms with E-state index in [0.29, 0.717) is 5.82 Å². The van der Waals surface area contributed by atoms with Crippen molar-refractivity contribution < 1.29 is 0 Å². The van der Waals surface area contributed by atoms with Crippen LogP contribution in [-0.4, -0.2) is 48.2 Å². The molecule has 0 unspecified atom stereocenters. The van der Waals surface area contributed by atoms with Gasteiger partial charge >= 0.3 is 0 Å². The molecule has 30 heavy (non-hydrogen) atoms. The van der Waals surface area contributed by atoms with Gasteiger partial charge in [0.1, 0.15) is 16.9 Å². The summed E-state index contributed by atoms with van der Waals surface area (Å²) in [6.45, 7) is 1.87. The van der Waals surface area contributed by atoms with Crippen LogP contribution < -0.4 is 5.32 Å². The van der Waals surface area contributed by atoms with Gasteiger partial charge in [0.25, 0.3) is 0 Å². The summed E-state index contributed by atoms with van der Waals surface area (Å²) in [6, 6.07) is 9.82. The highest BCUT2D eigenvalue weighted by Crippen LogP contribution is 2.30. The first-order valence-electron chi connectivity index (χ1n) is 9.87. The Morgan fingerprint density at radius 1 is 0.967 bits per heavy atom. The number of rotatable bonds is 3. The van der Waals surface area contributed by atoms with E-state index in [9.17, 15) is 0 Å². The number of fused-ring (bicyclic) bond motifs is 2. The van der Waals surface area contributed by atoms with Gasteiger partial charge in [0, 0.05) is 25.1 Å². The Kier molecular flexibility index (Phi) is 3.88. The minimum atomic E-state index is 0.680. The van der Waals surface area contributed by atoms with Crippen LogP contribution in [0.5, 0.6) is 0 Å². The number of nitrogens with zero attached hydrogens (tertiary/aromatic N) is 5. The molecular formula is C22H18N8. The van der Waals surface area contributed by atoms with Gasteiger partial charge in [-0.2, -0.15) is 5.10 Å². The van der Waals surface area contributed by atoms with Gasteiger partial charge in [-0.05, 0) is 48.4 Å². The molecule has 6 rings (SSSR count). The zero-order valence-corrected chi connectivity index (χ0v) is 16.1. The molecule has 0 aromatic carbocycles. The molecule has 0 bridgehead atoms. The molecule has 0 saturated heterocycles. The zero-order valence-electron chi connectivity index (χ0n) is 16.1. The van der Waals surface area contributed by atoms with Crippen LogP contribution in [0.4, 0.5) is 0 Å². The van der Waals surface area contributed by atoms with Crippen LogP contribution in [0.15, 0.2) is 55.0 Å². The van der Waals surface area contributed by atoms with Crippen molar-refractivity contribution in [2.45, 2.75) is 6.42 Å². The van der Waals surface area contributed by atoms with E-state index >= 15 is 0 Å². The van der Waals surface area contributed by atoms with Gasteiger partial charge in [-0.3, -0.25) is 15.1 Å². The summed E-state index contributed by atoms with van der Waals surface area (Å²) in [6.07, 6.45) is 8.64. The summed E-state index contributed by atoms with van der Waals surface area (Å²) in [5.41, 5.74) is 7.11. The Morgan fingerprint density at radius 3 is 2.83 bits per heavy atom. The highest BCUT2D eigenvalue weighted by Gasteiger charge is 2.17. The number of pyridine rings is 3. The first-order chi connectivity index (χ1) is 14.9. The van der Waals surface area contributed by atoms with Crippen LogP contribution in [0.1, 0.15) is 12.0 Å². The molecule has 6 heterocycles. The molecule has 1 aliphatic heterocycles. The molecule has 0 spiro atoms. The molecule has 0 atom stereocenters. The maximum absolute atomic E-state index is 4.83. The topological polar surface area (TPSA) is 108 Å². The number of nitrogens with one attached hydrogen (secondary N) is 3. The quantitative estimate of drug-likeness (QED) is 0.433. The van der Waals surface area contributed by atoms with Crippen molar-refractivity contribution in [1.82, 2.24) is 40.4 Å². The third kappa shape index (κ3) is 2.77. The van der Waals surface area contributed by atoms with E-state index in [1.165, 1.54) is 5.57 Å². The molecule has 5 aromatic rings. The lowest BCUT2D eigenvalue weighted by molar-refractivity contribution is 0.738. The largest absolute Gasteiger partial charge is 0.336 e. The molecule has 0 amide bonds. The number of H-pyrrole nitrogens is 2. The normalized spacial score (nSPS) is 14.3. The fourth-order valence-electron chi connectivity index (χ4n) is 3.88. The predicted octanol–water partition coefficient (Wildman–Crippen LogP) is 3.33. The van der Waals surface area contributed by atoms with Gasteiger partial charge in [0.05, 0.1) is 16.6 Å². The molecular weight excluding hydrogens is 376 g/mol. The molecule has 8 nitrogen and oxygen atoms in total. The number of imidazole rings is 1. The van der Waals surface area contributed by atoms with Crippen LogP contribution in [0.3, 0.4) is 0 Å². The summed E-state index contributed by atoms with van der Waals surface area (Å²) >= 11 is 0. The monoisotopic (exact) mass is 394 g/mol. The predicted molar refractivity (Wildman–Crippen MR) is 115 cm³/mol. The van der Waals surface area contributed by atoms with Gasteiger partial charge in [-0.25, -0.2) is 9.97 Å². The maximum Gasteiger partial charge on any atom is 0.159 e. The van der Waals surface area contributed by atoms with Crippen molar-refractivity contribution in [3.63, 3.8) is 0 Å². The number of aromatic amines is 2. The van der Waals surface area contributed by atoms with Crippen molar-refractivity contribution >= 4 is 27.6 Å². The van der Waals surface area contributed by atoms with E-state index in [0.717, 1.165) is 64.2 Å². The van der Waals surface area contributed by atoms with Gasteiger partial charge in [0.15, 0.2) is 11.5 Å². The third-order valence-corrected chi connectivity index (χ3v) is 5.38. The first kappa shape index (κ1) is 17.0.